The zero-order valence-electron chi connectivity index (χ0n) is 29.1. The van der Waals surface area contributed by atoms with Gasteiger partial charge >= 0.3 is 27.3 Å². The van der Waals surface area contributed by atoms with Crippen LogP contribution in [0.2, 0.25) is 0 Å². The van der Waals surface area contributed by atoms with Crippen LogP contribution in [0.15, 0.2) is 97.6 Å². The van der Waals surface area contributed by atoms with Gasteiger partial charge in [0.25, 0.3) is 11.8 Å². The smallest absolute Gasteiger partial charge is 0.545 e. The molecule has 4 rings (SSSR count). The van der Waals surface area contributed by atoms with Gasteiger partial charge in [-0.05, 0) is 87.4 Å². The van der Waals surface area contributed by atoms with Gasteiger partial charge in [-0.2, -0.15) is 10.5 Å². The standard InChI is InChI=1S/2C10H14N2O.2C8H5NO2.Cd.2H2O/c2*1-3-12(4-2)10(13)9-6-5-7-11-8-9;2*9-5-6-1-3-7(4-2-6)8(10)11;;;/h2*5-8H,3-4H2,1-2H3;2*1-4H,(H,10,11);;2*1H2/q;;;;+2;;. The zero-order chi connectivity index (χ0) is 35.9. The molecule has 264 valence electrons. The van der Waals surface area contributed by atoms with Gasteiger partial charge in [0.05, 0.1) is 46.3 Å². The second kappa shape index (κ2) is 28.3. The predicted molar refractivity (Wildman–Crippen MR) is 184 cm³/mol. The van der Waals surface area contributed by atoms with Gasteiger partial charge in [-0.3, -0.25) is 19.6 Å². The molecule has 0 spiro atoms. The molecule has 15 heteroatoms. The summed E-state index contributed by atoms with van der Waals surface area (Å²) in [6.07, 6.45) is 6.53. The maximum Gasteiger partial charge on any atom is 2.00 e. The minimum atomic E-state index is -1.23. The van der Waals surface area contributed by atoms with Crippen molar-refractivity contribution < 1.29 is 67.6 Å². The molecule has 0 saturated heterocycles. The third-order valence-corrected chi connectivity index (χ3v) is 6.42. The number of rotatable bonds is 8. The van der Waals surface area contributed by atoms with Gasteiger partial charge in [0.15, 0.2) is 0 Å². The summed E-state index contributed by atoms with van der Waals surface area (Å²) >= 11 is 0. The number of carbonyl (C=O) groups is 4. The van der Waals surface area contributed by atoms with Gasteiger partial charge in [0.1, 0.15) is 0 Å². The number of hydrogen-bond donors (Lipinski definition) is 0. The van der Waals surface area contributed by atoms with Gasteiger partial charge in [-0.1, -0.05) is 24.3 Å². The first-order valence-corrected chi connectivity index (χ1v) is 14.9. The number of pyridine rings is 2. The number of aromatic carboxylic acids is 2. The summed E-state index contributed by atoms with van der Waals surface area (Å²) in [6, 6.07) is 22.0. The molecule has 0 aliphatic rings. The number of benzene rings is 2. The molecule has 2 heterocycles. The summed E-state index contributed by atoms with van der Waals surface area (Å²) in [6.45, 7) is 10.8. The third kappa shape index (κ3) is 18.1. The van der Waals surface area contributed by atoms with E-state index in [0.29, 0.717) is 22.3 Å². The van der Waals surface area contributed by atoms with Gasteiger partial charge in [0, 0.05) is 51.0 Å². The normalized spacial score (nSPS) is 8.67. The fourth-order valence-corrected chi connectivity index (χ4v) is 3.73. The van der Waals surface area contributed by atoms with E-state index in [9.17, 15) is 29.4 Å². The summed E-state index contributed by atoms with van der Waals surface area (Å²) in [7, 11) is 0. The van der Waals surface area contributed by atoms with E-state index < -0.39 is 11.9 Å². The Morgan fingerprint density at radius 2 is 0.863 bits per heavy atom. The number of nitriles is 2. The van der Waals surface area contributed by atoms with Crippen LogP contribution in [0.3, 0.4) is 0 Å². The van der Waals surface area contributed by atoms with E-state index in [1.54, 1.807) is 58.9 Å². The Balaban J connectivity index is -0.000000592. The molecule has 4 aromatic rings. The first kappa shape index (κ1) is 49.8. The Labute approximate surface area is 317 Å². The van der Waals surface area contributed by atoms with Gasteiger partial charge in [0.2, 0.25) is 0 Å². The van der Waals surface area contributed by atoms with E-state index >= 15 is 0 Å². The van der Waals surface area contributed by atoms with Crippen molar-refractivity contribution in [2.24, 2.45) is 0 Å². The van der Waals surface area contributed by atoms with Crippen molar-refractivity contribution in [3.8, 4) is 12.1 Å². The van der Waals surface area contributed by atoms with E-state index in [-0.39, 0.29) is 61.2 Å². The summed E-state index contributed by atoms with van der Waals surface area (Å²) < 4.78 is 0. The molecule has 51 heavy (non-hydrogen) atoms. The summed E-state index contributed by atoms with van der Waals surface area (Å²) in [5.74, 6) is -2.35. The molecule has 0 aliphatic heterocycles. The van der Waals surface area contributed by atoms with Crippen LogP contribution in [-0.2, 0) is 38.3 Å². The van der Waals surface area contributed by atoms with Crippen molar-refractivity contribution in [1.29, 1.82) is 10.5 Å². The second-order valence-corrected chi connectivity index (χ2v) is 9.39. The van der Waals surface area contributed by atoms with E-state index in [4.69, 9.17) is 10.5 Å². The number of amides is 2. The van der Waals surface area contributed by atoms with E-state index in [0.717, 1.165) is 26.2 Å². The van der Waals surface area contributed by atoms with Crippen molar-refractivity contribution >= 4 is 23.8 Å². The Kier molecular flexibility index (Phi) is 27.6. The fraction of sp³-hybridized carbons (Fsp3) is 0.222. The summed E-state index contributed by atoms with van der Waals surface area (Å²) in [5, 5.41) is 37.1. The first-order valence-electron chi connectivity index (χ1n) is 14.9. The molecule has 0 radical (unpaired) electrons. The minimum absolute atomic E-state index is 0. The van der Waals surface area contributed by atoms with Crippen LogP contribution in [0, 0.1) is 22.7 Å². The van der Waals surface area contributed by atoms with Crippen LogP contribution in [0.5, 0.6) is 0 Å². The molecule has 2 aromatic heterocycles. The van der Waals surface area contributed by atoms with E-state index in [1.807, 2.05) is 39.8 Å². The minimum Gasteiger partial charge on any atom is -0.545 e. The number of carboxylic acid groups (broad SMARTS) is 2. The molecule has 2 aromatic carbocycles. The van der Waals surface area contributed by atoms with E-state index in [1.165, 1.54) is 48.5 Å². The molecule has 0 bridgehead atoms. The maximum atomic E-state index is 11.7. The van der Waals surface area contributed by atoms with Crippen LogP contribution in [0.4, 0.5) is 0 Å². The van der Waals surface area contributed by atoms with Crippen LogP contribution < -0.4 is 10.2 Å². The Morgan fingerprint density at radius 3 is 1.06 bits per heavy atom. The first-order chi connectivity index (χ1) is 23.1. The van der Waals surface area contributed by atoms with Crippen LogP contribution >= 0.6 is 0 Å². The Bertz CT molecular complexity index is 1540. The topological polar surface area (TPSA) is 260 Å². The number of carboxylic acids is 2. The monoisotopic (exact) mass is 800 g/mol. The molecular formula is C36H42CdN6O8+2. The summed E-state index contributed by atoms with van der Waals surface area (Å²) in [5.41, 5.74) is 2.37. The van der Waals surface area contributed by atoms with Gasteiger partial charge in [-0.25, -0.2) is 0 Å². The zero-order valence-corrected chi connectivity index (χ0v) is 33.1. The number of nitrogens with zero attached hydrogens (tertiary/aromatic N) is 6. The molecule has 0 fully saturated rings. The van der Waals surface area contributed by atoms with Crippen LogP contribution in [-0.4, -0.2) is 69.7 Å². The quantitative estimate of drug-likeness (QED) is 0.181. The van der Waals surface area contributed by atoms with Crippen LogP contribution in [0.25, 0.3) is 0 Å². The average Bonchev–Trinajstić information content (AvgIpc) is 3.14. The van der Waals surface area contributed by atoms with Crippen LogP contribution in [0.1, 0.15) is 80.3 Å². The van der Waals surface area contributed by atoms with E-state index in [2.05, 4.69) is 9.97 Å². The summed E-state index contributed by atoms with van der Waals surface area (Å²) in [4.78, 5) is 55.2. The van der Waals surface area contributed by atoms with Gasteiger partial charge < -0.3 is 40.6 Å². The molecular weight excluding hydrogens is 757 g/mol. The average molecular weight is 799 g/mol. The van der Waals surface area contributed by atoms with Crippen molar-refractivity contribution in [3.63, 3.8) is 0 Å². The molecule has 14 nitrogen and oxygen atoms in total. The molecule has 0 aliphatic carbocycles. The Hall–Kier alpha value is -5.56. The van der Waals surface area contributed by atoms with Crippen molar-refractivity contribution in [1.82, 2.24) is 19.8 Å². The van der Waals surface area contributed by atoms with Crippen molar-refractivity contribution in [3.05, 3.63) is 131 Å². The molecule has 0 saturated carbocycles. The van der Waals surface area contributed by atoms with Crippen molar-refractivity contribution in [2.45, 2.75) is 27.7 Å². The molecule has 2 amide bonds. The SMILES string of the molecule is CCN(CC)C(=O)c1cccnc1.CCN(CC)C(=O)c1cccnc1.N#Cc1ccc(C(=O)[O-])cc1.N#Cc1ccc(C(=O)[O-])cc1.[Cd+2].[OH3+].[OH3+]. The van der Waals surface area contributed by atoms with Gasteiger partial charge in [-0.15, -0.1) is 0 Å². The number of hydrogen-bond acceptors (Lipinski definition) is 10. The number of carbonyl (C=O) groups excluding carboxylic acids is 4. The third-order valence-electron chi connectivity index (χ3n) is 6.42. The molecule has 6 N–H and O–H groups in total. The van der Waals surface area contributed by atoms with Crippen molar-refractivity contribution in [2.75, 3.05) is 26.2 Å². The molecule has 0 unspecified atom stereocenters. The Morgan fingerprint density at radius 1 is 0.569 bits per heavy atom. The maximum absolute atomic E-state index is 11.7. The largest absolute Gasteiger partial charge is 2.00 e. The second-order valence-electron chi connectivity index (χ2n) is 9.39. The number of aromatic nitrogens is 2. The fourth-order valence-electron chi connectivity index (χ4n) is 3.73. The predicted octanol–water partition coefficient (Wildman–Crippen LogP) is 1.12. The molecule has 0 atom stereocenters.